The van der Waals surface area contributed by atoms with Crippen LogP contribution in [0.4, 0.5) is 4.79 Å². The van der Waals surface area contributed by atoms with E-state index in [-0.39, 0.29) is 36.9 Å². The number of carbonyl (C=O) groups excluding carboxylic acids is 5. The number of urea groups is 1. The van der Waals surface area contributed by atoms with E-state index in [9.17, 15) is 28.8 Å². The second-order valence-corrected chi connectivity index (χ2v) is 15.8. The zero-order valence-corrected chi connectivity index (χ0v) is 32.9. The van der Waals surface area contributed by atoms with E-state index in [1.165, 1.54) is 0 Å². The van der Waals surface area contributed by atoms with Gasteiger partial charge in [0.25, 0.3) is 17.4 Å². The molecular weight excluding hydrogens is 731 g/mol. The number of amides is 6. The van der Waals surface area contributed by atoms with Crippen molar-refractivity contribution in [1.82, 2.24) is 34.8 Å². The lowest BCUT2D eigenvalue weighted by molar-refractivity contribution is -0.136. The average molecular weight is 780 g/mol. The van der Waals surface area contributed by atoms with Crippen molar-refractivity contribution in [2.75, 3.05) is 47.4 Å². The molecule has 6 amide bonds. The van der Waals surface area contributed by atoms with Crippen LogP contribution in [0.1, 0.15) is 80.6 Å². The topological polar surface area (TPSA) is 163 Å². The van der Waals surface area contributed by atoms with Crippen molar-refractivity contribution < 1.29 is 33.4 Å². The number of nitrogens with zero attached hydrogens (tertiary/aromatic N) is 5. The molecule has 5 aliphatic rings. The molecular formula is C42H49N7O8. The Morgan fingerprint density at radius 1 is 0.807 bits per heavy atom. The first-order valence-electron chi connectivity index (χ1n) is 19.7. The average Bonchev–Trinajstić information content (AvgIpc) is 3.73. The number of nitrogens with one attached hydrogen (secondary N) is 2. The molecule has 2 N–H and O–H groups in total. The van der Waals surface area contributed by atoms with Crippen molar-refractivity contribution in [3.63, 3.8) is 0 Å². The number of piperidine rings is 2. The summed E-state index contributed by atoms with van der Waals surface area (Å²) >= 11 is 0. The van der Waals surface area contributed by atoms with Gasteiger partial charge in [0.2, 0.25) is 11.8 Å². The summed E-state index contributed by atoms with van der Waals surface area (Å²) in [5.41, 5.74) is 7.01. The molecule has 3 aromatic rings. The van der Waals surface area contributed by atoms with E-state index < -0.39 is 23.8 Å². The van der Waals surface area contributed by atoms with Crippen molar-refractivity contribution in [3.05, 3.63) is 79.8 Å². The number of pyridine rings is 1. The van der Waals surface area contributed by atoms with Crippen LogP contribution in [0.3, 0.4) is 0 Å². The molecule has 1 aromatic heterocycles. The van der Waals surface area contributed by atoms with E-state index in [0.29, 0.717) is 55.2 Å². The summed E-state index contributed by atoms with van der Waals surface area (Å²) in [4.78, 5) is 83.8. The number of imide groups is 2. The molecule has 6 heterocycles. The molecule has 2 saturated heterocycles. The number of aryl methyl sites for hydroxylation is 1. The SMILES string of the molecule is CNC(=O)N1CCc2c(-c3cc(OC)c(CN4CCC(CCN5Cc6cc7c(cc6C5)C(=O)N(C5CCC(=O)NC5=O)C7=O)CC4)c(OC)c3)cn(C)c(=O)c2C1. The molecule has 0 spiro atoms. The number of rotatable bonds is 9. The predicted molar refractivity (Wildman–Crippen MR) is 209 cm³/mol. The van der Waals surface area contributed by atoms with Crippen molar-refractivity contribution in [1.29, 1.82) is 0 Å². The number of hydrogen-bond donors (Lipinski definition) is 2. The van der Waals surface area contributed by atoms with Crippen LogP contribution < -0.4 is 25.7 Å². The lowest BCUT2D eigenvalue weighted by atomic mass is 9.91. The lowest BCUT2D eigenvalue weighted by Gasteiger charge is -2.33. The van der Waals surface area contributed by atoms with Crippen LogP contribution in [0.2, 0.25) is 0 Å². The summed E-state index contributed by atoms with van der Waals surface area (Å²) in [7, 11) is 6.67. The maximum Gasteiger partial charge on any atom is 0.317 e. The number of carbonyl (C=O) groups is 5. The normalized spacial score (nSPS) is 20.0. The van der Waals surface area contributed by atoms with Gasteiger partial charge in [-0.2, -0.15) is 0 Å². The third-order valence-corrected chi connectivity index (χ3v) is 12.5. The number of aromatic nitrogens is 1. The van der Waals surface area contributed by atoms with Crippen molar-refractivity contribution in [2.24, 2.45) is 13.0 Å². The van der Waals surface area contributed by atoms with Crippen molar-refractivity contribution in [3.8, 4) is 22.6 Å². The number of methoxy groups -OCH3 is 2. The van der Waals surface area contributed by atoms with E-state index >= 15 is 0 Å². The molecule has 1 atom stereocenters. The Balaban J connectivity index is 0.880. The van der Waals surface area contributed by atoms with E-state index in [1.54, 1.807) is 37.8 Å². The smallest absolute Gasteiger partial charge is 0.317 e. The minimum atomic E-state index is -0.965. The number of hydrogen-bond acceptors (Lipinski definition) is 10. The molecule has 1 unspecified atom stereocenters. The second kappa shape index (κ2) is 15.4. The first kappa shape index (κ1) is 38.3. The van der Waals surface area contributed by atoms with Crippen LogP contribution in [0.15, 0.2) is 35.3 Å². The Labute approximate surface area is 330 Å². The third-order valence-electron chi connectivity index (χ3n) is 12.5. The van der Waals surface area contributed by atoms with Gasteiger partial charge in [0, 0.05) is 64.0 Å². The van der Waals surface area contributed by atoms with Gasteiger partial charge in [-0.25, -0.2) is 4.79 Å². The molecule has 0 radical (unpaired) electrons. The highest BCUT2D eigenvalue weighted by Gasteiger charge is 2.45. The largest absolute Gasteiger partial charge is 0.496 e. The van der Waals surface area contributed by atoms with Crippen LogP contribution in [0.25, 0.3) is 11.1 Å². The quantitative estimate of drug-likeness (QED) is 0.309. The maximum absolute atomic E-state index is 13.3. The molecule has 0 aliphatic carbocycles. The van der Waals surface area contributed by atoms with Crippen LogP contribution in [-0.4, -0.2) is 107 Å². The van der Waals surface area contributed by atoms with Crippen LogP contribution in [-0.2, 0) is 49.2 Å². The molecule has 15 heteroatoms. The van der Waals surface area contributed by atoms with Gasteiger partial charge in [-0.1, -0.05) is 0 Å². The predicted octanol–water partition coefficient (Wildman–Crippen LogP) is 2.79. The standard InChI is InChI=1S/C42H49N7O8/c1-43-42(55)48-14-10-28-31(21-45(2)39(52)32(28)23-48)25-17-35(56-3)33(36(18-25)57-4)22-46-11-7-24(8-12-46)9-13-47-19-26-15-29-30(16-27(26)20-47)41(54)49(40(29)53)34-5-6-37(50)44-38(34)51/h15-18,21,24,34H,5-14,19-20,22-23H2,1-4H3,(H,43,55)(H,44,50,51). The third kappa shape index (κ3) is 7.07. The summed E-state index contributed by atoms with van der Waals surface area (Å²) in [6, 6.07) is 6.53. The van der Waals surface area contributed by atoms with Crippen LogP contribution >= 0.6 is 0 Å². The number of ether oxygens (including phenoxy) is 2. The number of likely N-dealkylation sites (tertiary alicyclic amines) is 1. The number of fused-ring (bicyclic) bond motifs is 3. The zero-order chi connectivity index (χ0) is 40.1. The summed E-state index contributed by atoms with van der Waals surface area (Å²) in [6.45, 7) is 5.64. The van der Waals surface area contributed by atoms with Gasteiger partial charge in [-0.3, -0.25) is 44.0 Å². The molecule has 300 valence electrons. The first-order chi connectivity index (χ1) is 27.5. The van der Waals surface area contributed by atoms with E-state index in [2.05, 4.69) is 20.4 Å². The molecule has 8 rings (SSSR count). The van der Waals surface area contributed by atoms with Gasteiger partial charge in [-0.15, -0.1) is 0 Å². The van der Waals surface area contributed by atoms with Crippen LogP contribution in [0.5, 0.6) is 11.5 Å². The van der Waals surface area contributed by atoms with Crippen molar-refractivity contribution >= 4 is 29.7 Å². The number of benzene rings is 2. The van der Waals surface area contributed by atoms with Gasteiger partial charge < -0.3 is 24.3 Å². The van der Waals surface area contributed by atoms with E-state index in [1.807, 2.05) is 30.5 Å². The molecule has 2 aromatic carbocycles. The summed E-state index contributed by atoms with van der Waals surface area (Å²) in [6.07, 6.45) is 5.84. The Bertz CT molecular complexity index is 2170. The summed E-state index contributed by atoms with van der Waals surface area (Å²) in [5, 5.41) is 4.91. The Morgan fingerprint density at radius 2 is 1.46 bits per heavy atom. The Hall–Kier alpha value is -5.54. The monoisotopic (exact) mass is 779 g/mol. The fourth-order valence-electron chi connectivity index (χ4n) is 9.29. The van der Waals surface area contributed by atoms with Gasteiger partial charge in [0.05, 0.1) is 37.5 Å². The Kier molecular flexibility index (Phi) is 10.4. The zero-order valence-electron chi connectivity index (χ0n) is 32.9. The lowest BCUT2D eigenvalue weighted by Crippen LogP contribution is -2.54. The molecule has 15 nitrogen and oxygen atoms in total. The van der Waals surface area contributed by atoms with Gasteiger partial charge in [0.1, 0.15) is 17.5 Å². The molecule has 57 heavy (non-hydrogen) atoms. The maximum atomic E-state index is 13.3. The second-order valence-electron chi connectivity index (χ2n) is 15.8. The van der Waals surface area contributed by atoms with Crippen molar-refractivity contribution in [2.45, 2.75) is 70.7 Å². The van der Waals surface area contributed by atoms with E-state index in [0.717, 1.165) is 88.7 Å². The molecule has 2 fully saturated rings. The first-order valence-corrected chi connectivity index (χ1v) is 19.7. The van der Waals surface area contributed by atoms with Gasteiger partial charge in [0.15, 0.2) is 0 Å². The molecule has 0 bridgehead atoms. The Morgan fingerprint density at radius 3 is 2.05 bits per heavy atom. The van der Waals surface area contributed by atoms with E-state index in [4.69, 9.17) is 9.47 Å². The fourth-order valence-corrected chi connectivity index (χ4v) is 9.29. The highest BCUT2D eigenvalue weighted by Crippen LogP contribution is 2.39. The summed E-state index contributed by atoms with van der Waals surface area (Å²) < 4.78 is 13.5. The molecule has 5 aliphatic heterocycles. The highest BCUT2D eigenvalue weighted by atomic mass is 16.5. The summed E-state index contributed by atoms with van der Waals surface area (Å²) in [5.74, 6) is 0.0922. The molecule has 0 saturated carbocycles. The fraction of sp³-hybridized carbons (Fsp3) is 0.476. The van der Waals surface area contributed by atoms with Gasteiger partial charge >= 0.3 is 6.03 Å². The highest BCUT2D eigenvalue weighted by molar-refractivity contribution is 6.23. The minimum Gasteiger partial charge on any atom is -0.496 e. The van der Waals surface area contributed by atoms with Crippen LogP contribution in [0, 0.1) is 5.92 Å². The minimum absolute atomic E-state index is 0.0948. The van der Waals surface area contributed by atoms with Gasteiger partial charge in [-0.05, 0) is 104 Å².